The van der Waals surface area contributed by atoms with E-state index in [0.717, 1.165) is 0 Å². The summed E-state index contributed by atoms with van der Waals surface area (Å²) in [6, 6.07) is 2.89. The van der Waals surface area contributed by atoms with Crippen LogP contribution in [0.25, 0.3) is 0 Å². The molecule has 0 aliphatic heterocycles. The van der Waals surface area contributed by atoms with Crippen molar-refractivity contribution in [1.29, 1.82) is 0 Å². The summed E-state index contributed by atoms with van der Waals surface area (Å²) in [6.07, 6.45) is 0. The highest BCUT2D eigenvalue weighted by molar-refractivity contribution is 6.40. The van der Waals surface area contributed by atoms with Crippen LogP contribution >= 0.6 is 11.6 Å². The lowest BCUT2D eigenvalue weighted by atomic mass is 10.2. The normalized spacial score (nSPS) is 9.56. The number of hydrogen-bond acceptors (Lipinski definition) is 5. The zero-order valence-corrected chi connectivity index (χ0v) is 10.5. The molecule has 98 valence electrons. The number of nitrogens with two attached hydrogens (primary N) is 1. The molecular weight excluding hydrogens is 262 g/mol. The first kappa shape index (κ1) is 14.1. The quantitative estimate of drug-likeness (QED) is 0.318. The minimum atomic E-state index is -0.982. The van der Waals surface area contributed by atoms with E-state index >= 15 is 0 Å². The van der Waals surface area contributed by atoms with Gasteiger partial charge in [0, 0.05) is 6.07 Å². The minimum absolute atomic E-state index is 0.233. The van der Waals surface area contributed by atoms with Crippen LogP contribution in [0.5, 0.6) is 11.5 Å². The van der Waals surface area contributed by atoms with Gasteiger partial charge in [0.05, 0.1) is 24.9 Å². The summed E-state index contributed by atoms with van der Waals surface area (Å²) >= 11 is 5.90. The van der Waals surface area contributed by atoms with E-state index in [2.05, 4.69) is 5.32 Å². The van der Waals surface area contributed by atoms with E-state index in [1.54, 1.807) is 5.43 Å². The topological polar surface area (TPSA) is 103 Å². The lowest BCUT2D eigenvalue weighted by Gasteiger charge is -2.12. The van der Waals surface area contributed by atoms with Gasteiger partial charge in [-0.25, -0.2) is 5.84 Å². The Kier molecular flexibility index (Phi) is 4.75. The highest BCUT2D eigenvalue weighted by Gasteiger charge is 2.16. The number of hydrazine groups is 1. The molecule has 0 atom stereocenters. The average molecular weight is 274 g/mol. The van der Waals surface area contributed by atoms with Gasteiger partial charge in [-0.1, -0.05) is 11.6 Å². The van der Waals surface area contributed by atoms with Crippen LogP contribution in [0.3, 0.4) is 0 Å². The lowest BCUT2D eigenvalue weighted by molar-refractivity contribution is -0.136. The Labute approximate surface area is 108 Å². The van der Waals surface area contributed by atoms with Gasteiger partial charge in [-0.3, -0.25) is 15.0 Å². The van der Waals surface area contributed by atoms with E-state index < -0.39 is 11.8 Å². The van der Waals surface area contributed by atoms with Crippen molar-refractivity contribution in [3.63, 3.8) is 0 Å². The molecule has 4 N–H and O–H groups in total. The van der Waals surface area contributed by atoms with E-state index in [4.69, 9.17) is 26.9 Å². The summed E-state index contributed by atoms with van der Waals surface area (Å²) in [6.45, 7) is 0. The van der Waals surface area contributed by atoms with Gasteiger partial charge in [-0.05, 0) is 6.07 Å². The molecule has 1 rings (SSSR count). The summed E-state index contributed by atoms with van der Waals surface area (Å²) in [4.78, 5) is 22.3. The number of nitrogens with one attached hydrogen (secondary N) is 2. The number of halogens is 1. The zero-order valence-electron chi connectivity index (χ0n) is 9.74. The van der Waals surface area contributed by atoms with Crippen molar-refractivity contribution >= 4 is 29.1 Å². The average Bonchev–Trinajstić information content (AvgIpc) is 2.38. The summed E-state index contributed by atoms with van der Waals surface area (Å²) in [5.41, 5.74) is 1.94. The maximum absolute atomic E-state index is 11.3. The number of carbonyl (C=O) groups is 2. The molecule has 0 spiro atoms. The predicted molar refractivity (Wildman–Crippen MR) is 65.5 cm³/mol. The van der Waals surface area contributed by atoms with Gasteiger partial charge in [-0.2, -0.15) is 0 Å². The Balaban J connectivity index is 3.05. The smallest absolute Gasteiger partial charge is 0.323 e. The Bertz CT molecular complexity index is 478. The largest absolute Gasteiger partial charge is 0.495 e. The Morgan fingerprint density at radius 1 is 1.17 bits per heavy atom. The predicted octanol–water partition coefficient (Wildman–Crippen LogP) is 0.286. The van der Waals surface area contributed by atoms with Crippen LogP contribution in [-0.2, 0) is 9.59 Å². The maximum atomic E-state index is 11.3. The first-order chi connectivity index (χ1) is 8.53. The van der Waals surface area contributed by atoms with Crippen molar-refractivity contribution in [2.45, 2.75) is 0 Å². The second-order valence-corrected chi connectivity index (χ2v) is 3.52. The molecule has 1 aromatic rings. The highest BCUT2D eigenvalue weighted by Crippen LogP contribution is 2.35. The molecule has 0 saturated carbocycles. The third-order valence-electron chi connectivity index (χ3n) is 2.06. The first-order valence-corrected chi connectivity index (χ1v) is 5.14. The van der Waals surface area contributed by atoms with Crippen molar-refractivity contribution in [3.8, 4) is 11.5 Å². The van der Waals surface area contributed by atoms with Gasteiger partial charge in [0.1, 0.15) is 11.5 Å². The van der Waals surface area contributed by atoms with Crippen LogP contribution in [0.15, 0.2) is 12.1 Å². The van der Waals surface area contributed by atoms with Gasteiger partial charge in [0.15, 0.2) is 0 Å². The molecule has 0 aromatic heterocycles. The van der Waals surface area contributed by atoms with Crippen molar-refractivity contribution in [3.05, 3.63) is 17.2 Å². The second kappa shape index (κ2) is 6.08. The Hall–Kier alpha value is -1.99. The SMILES string of the molecule is COc1cc(OC)c(NC(=O)C(=O)NN)cc1Cl. The summed E-state index contributed by atoms with van der Waals surface area (Å²) in [5.74, 6) is 3.60. The molecular formula is C10H12ClN3O4. The number of rotatable bonds is 3. The molecule has 1 aromatic carbocycles. The molecule has 0 saturated heterocycles. The molecule has 8 heteroatoms. The van der Waals surface area contributed by atoms with Crippen molar-refractivity contribution in [2.75, 3.05) is 19.5 Å². The molecule has 7 nitrogen and oxygen atoms in total. The molecule has 0 bridgehead atoms. The monoisotopic (exact) mass is 273 g/mol. The third kappa shape index (κ3) is 3.02. The molecule has 0 radical (unpaired) electrons. The Morgan fingerprint density at radius 3 is 2.28 bits per heavy atom. The molecule has 0 unspecified atom stereocenters. The fourth-order valence-electron chi connectivity index (χ4n) is 1.20. The summed E-state index contributed by atoms with van der Waals surface area (Å²) in [7, 11) is 2.85. The summed E-state index contributed by atoms with van der Waals surface area (Å²) in [5, 5.41) is 2.57. The van der Waals surface area contributed by atoms with E-state index in [0.29, 0.717) is 11.5 Å². The van der Waals surface area contributed by atoms with Crippen LogP contribution < -0.4 is 26.1 Å². The third-order valence-corrected chi connectivity index (χ3v) is 2.35. The fourth-order valence-corrected chi connectivity index (χ4v) is 1.44. The molecule has 0 fully saturated rings. The van der Waals surface area contributed by atoms with Crippen molar-refractivity contribution in [1.82, 2.24) is 5.43 Å². The van der Waals surface area contributed by atoms with Crippen LogP contribution in [0.1, 0.15) is 0 Å². The molecule has 0 heterocycles. The van der Waals surface area contributed by atoms with Gasteiger partial charge in [0.2, 0.25) is 0 Å². The van der Waals surface area contributed by atoms with E-state index in [-0.39, 0.29) is 10.7 Å². The maximum Gasteiger partial charge on any atom is 0.323 e. The number of methoxy groups -OCH3 is 2. The van der Waals surface area contributed by atoms with Crippen LogP contribution in [0, 0.1) is 0 Å². The molecule has 2 amide bonds. The number of benzene rings is 1. The highest BCUT2D eigenvalue weighted by atomic mass is 35.5. The number of anilines is 1. The van der Waals surface area contributed by atoms with Gasteiger partial charge in [-0.15, -0.1) is 0 Å². The van der Waals surface area contributed by atoms with Gasteiger partial charge < -0.3 is 14.8 Å². The van der Waals surface area contributed by atoms with Crippen LogP contribution in [0.4, 0.5) is 5.69 Å². The number of hydrogen-bond donors (Lipinski definition) is 3. The molecule has 0 aliphatic carbocycles. The van der Waals surface area contributed by atoms with Crippen molar-refractivity contribution < 1.29 is 19.1 Å². The van der Waals surface area contributed by atoms with E-state index in [1.807, 2.05) is 0 Å². The molecule has 18 heavy (non-hydrogen) atoms. The number of amides is 2. The van der Waals surface area contributed by atoms with Gasteiger partial charge >= 0.3 is 11.8 Å². The van der Waals surface area contributed by atoms with Crippen LogP contribution in [0.2, 0.25) is 5.02 Å². The fraction of sp³-hybridized carbons (Fsp3) is 0.200. The van der Waals surface area contributed by atoms with Crippen LogP contribution in [-0.4, -0.2) is 26.0 Å². The Morgan fingerprint density at radius 2 is 1.78 bits per heavy atom. The number of carbonyl (C=O) groups excluding carboxylic acids is 2. The molecule has 0 aliphatic rings. The van der Waals surface area contributed by atoms with Gasteiger partial charge in [0.25, 0.3) is 0 Å². The first-order valence-electron chi connectivity index (χ1n) is 4.77. The lowest BCUT2D eigenvalue weighted by Crippen LogP contribution is -2.39. The number of ether oxygens (including phenoxy) is 2. The van der Waals surface area contributed by atoms with E-state index in [1.165, 1.54) is 26.4 Å². The minimum Gasteiger partial charge on any atom is -0.495 e. The van der Waals surface area contributed by atoms with E-state index in [9.17, 15) is 9.59 Å². The zero-order chi connectivity index (χ0) is 13.7. The summed E-state index contributed by atoms with van der Waals surface area (Å²) < 4.78 is 10.0. The van der Waals surface area contributed by atoms with Crippen molar-refractivity contribution in [2.24, 2.45) is 5.84 Å². The second-order valence-electron chi connectivity index (χ2n) is 3.11. The standard InChI is InChI=1S/C10H12ClN3O4/c1-17-7-4-8(18-2)6(3-5(7)11)13-9(15)10(16)14-12/h3-4H,12H2,1-2H3,(H,13,15)(H,14,16).